The van der Waals surface area contributed by atoms with Crippen molar-refractivity contribution in [1.29, 1.82) is 0 Å². The molecule has 29 heavy (non-hydrogen) atoms. The molecule has 0 aliphatic rings. The van der Waals surface area contributed by atoms with E-state index in [0.29, 0.717) is 29.5 Å². The maximum Gasteiger partial charge on any atom is 0.255 e. The molecule has 3 aromatic rings. The molecule has 0 spiro atoms. The van der Waals surface area contributed by atoms with Crippen molar-refractivity contribution in [2.24, 2.45) is 0 Å². The number of rotatable bonds is 7. The van der Waals surface area contributed by atoms with Crippen LogP contribution in [0.2, 0.25) is 0 Å². The van der Waals surface area contributed by atoms with Crippen LogP contribution in [0.15, 0.2) is 78.9 Å². The third-order valence-electron chi connectivity index (χ3n) is 4.12. The first-order valence-electron chi connectivity index (χ1n) is 9.37. The fourth-order valence-corrected chi connectivity index (χ4v) is 2.85. The van der Waals surface area contributed by atoms with Crippen molar-refractivity contribution in [2.45, 2.75) is 13.5 Å². The Morgan fingerprint density at radius 1 is 0.862 bits per heavy atom. The second kappa shape index (κ2) is 10.2. The van der Waals surface area contributed by atoms with Gasteiger partial charge in [-0.1, -0.05) is 30.3 Å². The Morgan fingerprint density at radius 3 is 2.14 bits per heavy atom. The third kappa shape index (κ3) is 6.33. The topological polar surface area (TPSA) is 62.4 Å². The molecule has 1 amide bonds. The van der Waals surface area contributed by atoms with Crippen LogP contribution in [-0.4, -0.2) is 17.6 Å². The van der Waals surface area contributed by atoms with E-state index in [1.54, 1.807) is 12.1 Å². The van der Waals surface area contributed by atoms with E-state index < -0.39 is 0 Å². The van der Waals surface area contributed by atoms with Crippen molar-refractivity contribution in [2.75, 3.05) is 17.2 Å². The molecular formula is C23H23N3O2S. The van der Waals surface area contributed by atoms with E-state index in [1.165, 1.54) is 0 Å². The normalized spacial score (nSPS) is 10.1. The highest BCUT2D eigenvalue weighted by Gasteiger charge is 2.07. The Bertz CT molecular complexity index is 942. The molecule has 6 heteroatoms. The Labute approximate surface area is 176 Å². The average molecular weight is 406 g/mol. The van der Waals surface area contributed by atoms with Crippen LogP contribution >= 0.6 is 12.2 Å². The molecule has 3 N–H and O–H groups in total. The van der Waals surface area contributed by atoms with Gasteiger partial charge in [-0.15, -0.1) is 0 Å². The number of carbonyl (C=O) groups is 1. The monoisotopic (exact) mass is 405 g/mol. The first-order valence-corrected chi connectivity index (χ1v) is 9.78. The van der Waals surface area contributed by atoms with Gasteiger partial charge >= 0.3 is 0 Å². The summed E-state index contributed by atoms with van der Waals surface area (Å²) in [5, 5.41) is 9.68. The van der Waals surface area contributed by atoms with Crippen LogP contribution in [-0.2, 0) is 6.54 Å². The second-order valence-electron chi connectivity index (χ2n) is 6.28. The molecule has 0 aliphatic heterocycles. The molecule has 3 rings (SSSR count). The summed E-state index contributed by atoms with van der Waals surface area (Å²) in [6.45, 7) is 3.19. The van der Waals surface area contributed by atoms with E-state index in [9.17, 15) is 4.79 Å². The van der Waals surface area contributed by atoms with E-state index in [4.69, 9.17) is 17.0 Å². The van der Waals surface area contributed by atoms with E-state index in [1.807, 2.05) is 73.7 Å². The van der Waals surface area contributed by atoms with Crippen LogP contribution in [0.5, 0.6) is 5.75 Å². The Balaban J connectivity index is 1.51. The number of thiocarbonyl (C=S) groups is 1. The van der Waals surface area contributed by atoms with Gasteiger partial charge in [0.25, 0.3) is 5.91 Å². The molecule has 148 valence electrons. The maximum atomic E-state index is 12.4. The van der Waals surface area contributed by atoms with Crippen molar-refractivity contribution in [3.8, 4) is 5.75 Å². The first kappa shape index (κ1) is 20.4. The molecule has 0 aromatic heterocycles. The summed E-state index contributed by atoms with van der Waals surface area (Å²) in [5.41, 5.74) is 3.24. The minimum Gasteiger partial charge on any atom is -0.494 e. The summed E-state index contributed by atoms with van der Waals surface area (Å²) in [7, 11) is 0. The highest BCUT2D eigenvalue weighted by Crippen LogP contribution is 2.17. The lowest BCUT2D eigenvalue weighted by atomic mass is 10.2. The lowest BCUT2D eigenvalue weighted by Crippen LogP contribution is -2.27. The number of anilines is 2. The largest absolute Gasteiger partial charge is 0.494 e. The molecule has 0 bridgehead atoms. The number of amides is 1. The minimum absolute atomic E-state index is 0.175. The molecule has 0 saturated carbocycles. The SMILES string of the molecule is CCOc1ccc(NC(=O)c2ccc(NC(=S)NCc3ccccc3)cc2)cc1. The van der Waals surface area contributed by atoms with Crippen molar-refractivity contribution in [1.82, 2.24) is 5.32 Å². The van der Waals surface area contributed by atoms with E-state index in [2.05, 4.69) is 16.0 Å². The van der Waals surface area contributed by atoms with E-state index in [0.717, 1.165) is 17.0 Å². The summed E-state index contributed by atoms with van der Waals surface area (Å²) in [5.74, 6) is 0.600. The molecule has 0 saturated heterocycles. The first-order chi connectivity index (χ1) is 14.1. The smallest absolute Gasteiger partial charge is 0.255 e. The maximum absolute atomic E-state index is 12.4. The van der Waals surface area contributed by atoms with Gasteiger partial charge in [0.15, 0.2) is 5.11 Å². The van der Waals surface area contributed by atoms with Gasteiger partial charge in [-0.3, -0.25) is 4.79 Å². The van der Waals surface area contributed by atoms with E-state index in [-0.39, 0.29) is 5.91 Å². The summed E-state index contributed by atoms with van der Waals surface area (Å²) in [6.07, 6.45) is 0. The zero-order chi connectivity index (χ0) is 20.5. The van der Waals surface area contributed by atoms with Crippen LogP contribution in [0.4, 0.5) is 11.4 Å². The van der Waals surface area contributed by atoms with Crippen LogP contribution < -0.4 is 20.7 Å². The van der Waals surface area contributed by atoms with Gasteiger partial charge in [0.1, 0.15) is 5.75 Å². The molecule has 0 unspecified atom stereocenters. The van der Waals surface area contributed by atoms with Gasteiger partial charge in [-0.25, -0.2) is 0 Å². The molecule has 5 nitrogen and oxygen atoms in total. The van der Waals surface area contributed by atoms with Gasteiger partial charge in [0, 0.05) is 23.5 Å². The summed E-state index contributed by atoms with van der Waals surface area (Å²) in [6, 6.07) is 24.5. The summed E-state index contributed by atoms with van der Waals surface area (Å²) < 4.78 is 5.40. The molecule has 0 fully saturated rings. The average Bonchev–Trinajstić information content (AvgIpc) is 2.75. The lowest BCUT2D eigenvalue weighted by Gasteiger charge is -2.11. The number of nitrogens with one attached hydrogen (secondary N) is 3. The van der Waals surface area contributed by atoms with Crippen LogP contribution in [0, 0.1) is 0 Å². The Morgan fingerprint density at radius 2 is 1.48 bits per heavy atom. The molecular weight excluding hydrogens is 382 g/mol. The number of ether oxygens (including phenoxy) is 1. The van der Waals surface area contributed by atoms with Crippen LogP contribution in [0.1, 0.15) is 22.8 Å². The molecule has 0 aliphatic carbocycles. The number of hydrogen-bond donors (Lipinski definition) is 3. The molecule has 0 radical (unpaired) electrons. The van der Waals surface area contributed by atoms with Gasteiger partial charge in [-0.05, 0) is 73.2 Å². The van der Waals surface area contributed by atoms with E-state index >= 15 is 0 Å². The van der Waals surface area contributed by atoms with Crippen molar-refractivity contribution >= 4 is 34.6 Å². The quantitative estimate of drug-likeness (QED) is 0.492. The minimum atomic E-state index is -0.175. The second-order valence-corrected chi connectivity index (χ2v) is 6.69. The standard InChI is InChI=1S/C23H23N3O2S/c1-2-28-21-14-12-19(13-15-21)25-22(27)18-8-10-20(11-9-18)26-23(29)24-16-17-6-4-3-5-7-17/h3-15H,2,16H2,1H3,(H,25,27)(H2,24,26,29). The number of benzene rings is 3. The molecule has 0 heterocycles. The fraction of sp³-hybridized carbons (Fsp3) is 0.130. The van der Waals surface area contributed by atoms with Gasteiger partial charge in [-0.2, -0.15) is 0 Å². The lowest BCUT2D eigenvalue weighted by molar-refractivity contribution is 0.102. The highest BCUT2D eigenvalue weighted by atomic mass is 32.1. The fourth-order valence-electron chi connectivity index (χ4n) is 2.66. The highest BCUT2D eigenvalue weighted by molar-refractivity contribution is 7.80. The Hall–Kier alpha value is -3.38. The predicted molar refractivity (Wildman–Crippen MR) is 122 cm³/mol. The predicted octanol–water partition coefficient (Wildman–Crippen LogP) is 4.82. The zero-order valence-electron chi connectivity index (χ0n) is 16.1. The molecule has 3 aromatic carbocycles. The van der Waals surface area contributed by atoms with Gasteiger partial charge < -0.3 is 20.7 Å². The number of carbonyl (C=O) groups excluding carboxylic acids is 1. The van der Waals surface area contributed by atoms with Crippen molar-refractivity contribution in [3.63, 3.8) is 0 Å². The van der Waals surface area contributed by atoms with Crippen molar-refractivity contribution in [3.05, 3.63) is 90.0 Å². The van der Waals surface area contributed by atoms with Gasteiger partial charge in [0.2, 0.25) is 0 Å². The van der Waals surface area contributed by atoms with Crippen LogP contribution in [0.3, 0.4) is 0 Å². The third-order valence-corrected chi connectivity index (χ3v) is 4.37. The number of hydrogen-bond acceptors (Lipinski definition) is 3. The van der Waals surface area contributed by atoms with Gasteiger partial charge in [0.05, 0.1) is 6.61 Å². The summed E-state index contributed by atoms with van der Waals surface area (Å²) >= 11 is 5.32. The van der Waals surface area contributed by atoms with Crippen LogP contribution in [0.25, 0.3) is 0 Å². The zero-order valence-corrected chi connectivity index (χ0v) is 17.0. The van der Waals surface area contributed by atoms with Crippen molar-refractivity contribution < 1.29 is 9.53 Å². The Kier molecular flexibility index (Phi) is 7.19. The summed E-state index contributed by atoms with van der Waals surface area (Å²) in [4.78, 5) is 12.4. The molecule has 0 atom stereocenters.